The van der Waals surface area contributed by atoms with Crippen LogP contribution < -0.4 is 0 Å². The summed E-state index contributed by atoms with van der Waals surface area (Å²) in [5, 5.41) is 3.72. The standard InChI is InChI=1S/C9H9N2O/c12-11-9-6-2-1-4-8(9)5-3-7-10-11/h1-2,4,6-7H,3,5H2/q+1. The average Bonchev–Trinajstić information content (AvgIpc) is 2.29. The van der Waals surface area contributed by atoms with E-state index in [1.165, 1.54) is 0 Å². The highest BCUT2D eigenvalue weighted by atomic mass is 16.3. The Morgan fingerprint density at radius 2 is 2.17 bits per heavy atom. The molecule has 0 saturated heterocycles. The Kier molecular flexibility index (Phi) is 1.70. The van der Waals surface area contributed by atoms with Crippen LogP contribution in [0, 0.1) is 4.91 Å². The van der Waals surface area contributed by atoms with Crippen molar-refractivity contribution in [3.8, 4) is 0 Å². The van der Waals surface area contributed by atoms with Gasteiger partial charge in [0.15, 0.2) is 4.87 Å². The van der Waals surface area contributed by atoms with Gasteiger partial charge in [-0.25, -0.2) is 0 Å². The number of benzene rings is 1. The average molecular weight is 161 g/mol. The Morgan fingerprint density at radius 3 is 3.08 bits per heavy atom. The molecular formula is C9H9N2O+. The minimum absolute atomic E-state index is 0.672. The first-order valence-electron chi connectivity index (χ1n) is 3.95. The predicted molar refractivity (Wildman–Crippen MR) is 46.5 cm³/mol. The number of nitroso groups, excluding NO2 is 1. The molecule has 0 saturated carbocycles. The van der Waals surface area contributed by atoms with Crippen LogP contribution in [0.1, 0.15) is 12.0 Å². The Balaban J connectivity index is 2.53. The highest BCUT2D eigenvalue weighted by molar-refractivity contribution is 5.59. The van der Waals surface area contributed by atoms with Crippen molar-refractivity contribution < 1.29 is 4.87 Å². The maximum Gasteiger partial charge on any atom is 0.298 e. The third kappa shape index (κ3) is 1.13. The second-order valence-electron chi connectivity index (χ2n) is 2.74. The van der Waals surface area contributed by atoms with Crippen molar-refractivity contribution in [1.29, 1.82) is 0 Å². The minimum atomic E-state index is 0.672. The van der Waals surface area contributed by atoms with Crippen molar-refractivity contribution in [3.05, 3.63) is 34.7 Å². The lowest BCUT2D eigenvalue weighted by molar-refractivity contribution is -0.467. The molecule has 0 spiro atoms. The zero-order valence-corrected chi connectivity index (χ0v) is 6.60. The summed E-state index contributed by atoms with van der Waals surface area (Å²) >= 11 is 0. The molecule has 1 aromatic rings. The van der Waals surface area contributed by atoms with E-state index in [4.69, 9.17) is 0 Å². The van der Waals surface area contributed by atoms with Gasteiger partial charge in [-0.15, -0.1) is 0 Å². The monoisotopic (exact) mass is 161 g/mol. The summed E-state index contributed by atoms with van der Waals surface area (Å²) in [6.07, 6.45) is 3.40. The first-order chi connectivity index (χ1) is 5.88. The van der Waals surface area contributed by atoms with Gasteiger partial charge in [-0.05, 0) is 12.8 Å². The van der Waals surface area contributed by atoms with Gasteiger partial charge in [-0.3, -0.25) is 0 Å². The number of fused-ring (bicyclic) bond motifs is 1. The molecule has 0 bridgehead atoms. The van der Waals surface area contributed by atoms with Crippen LogP contribution in [0.2, 0.25) is 0 Å². The molecule has 3 heteroatoms. The summed E-state index contributed by atoms with van der Waals surface area (Å²) in [6, 6.07) is 7.56. The van der Waals surface area contributed by atoms with Crippen molar-refractivity contribution in [2.75, 3.05) is 0 Å². The van der Waals surface area contributed by atoms with Gasteiger partial charge in [0.05, 0.1) is 11.1 Å². The van der Waals surface area contributed by atoms with Crippen molar-refractivity contribution >= 4 is 11.9 Å². The number of hydrogen-bond donors (Lipinski definition) is 0. The normalized spacial score (nSPS) is 15.5. The molecule has 0 fully saturated rings. The molecule has 1 aliphatic rings. The van der Waals surface area contributed by atoms with E-state index in [0.717, 1.165) is 18.4 Å². The number of aryl methyl sites for hydroxylation is 1. The summed E-state index contributed by atoms with van der Waals surface area (Å²) in [5.74, 6) is 0. The highest BCUT2D eigenvalue weighted by Crippen LogP contribution is 2.21. The summed E-state index contributed by atoms with van der Waals surface area (Å²) in [7, 11) is 0. The Bertz CT molecular complexity index is 344. The van der Waals surface area contributed by atoms with E-state index in [0.29, 0.717) is 10.6 Å². The fraction of sp³-hybridized carbons (Fsp3) is 0.222. The van der Waals surface area contributed by atoms with Crippen LogP contribution in [0.4, 0.5) is 5.69 Å². The summed E-state index contributed by atoms with van der Waals surface area (Å²) in [6.45, 7) is 0. The van der Waals surface area contributed by atoms with E-state index < -0.39 is 0 Å². The quantitative estimate of drug-likeness (QED) is 0.536. The van der Waals surface area contributed by atoms with Gasteiger partial charge in [0.1, 0.15) is 0 Å². The molecular weight excluding hydrogens is 152 g/mol. The van der Waals surface area contributed by atoms with E-state index >= 15 is 0 Å². The third-order valence-electron chi connectivity index (χ3n) is 1.93. The Morgan fingerprint density at radius 1 is 1.33 bits per heavy atom. The first kappa shape index (κ1) is 7.16. The van der Waals surface area contributed by atoms with Crippen LogP contribution >= 0.6 is 0 Å². The summed E-state index contributed by atoms with van der Waals surface area (Å²) in [5.41, 5.74) is 1.75. The second-order valence-corrected chi connectivity index (χ2v) is 2.74. The fourth-order valence-electron chi connectivity index (χ4n) is 1.32. The number of hydrazone groups is 1. The summed E-state index contributed by atoms with van der Waals surface area (Å²) in [4.78, 5) is 11.9. The van der Waals surface area contributed by atoms with Crippen molar-refractivity contribution in [3.63, 3.8) is 0 Å². The predicted octanol–water partition coefficient (Wildman–Crippen LogP) is 2.03. The maximum absolute atomic E-state index is 11.2. The zero-order chi connectivity index (χ0) is 8.39. The Labute approximate surface area is 70.3 Å². The number of hydrogen-bond acceptors (Lipinski definition) is 1. The Hall–Kier alpha value is -1.51. The van der Waals surface area contributed by atoms with Crippen LogP contribution in [-0.2, 0) is 6.42 Å². The molecule has 0 aromatic heterocycles. The molecule has 2 rings (SSSR count). The molecule has 0 atom stereocenters. The lowest BCUT2D eigenvalue weighted by atomic mass is 10.1. The van der Waals surface area contributed by atoms with Crippen LogP contribution in [0.5, 0.6) is 0 Å². The molecule has 1 heterocycles. The summed E-state index contributed by atoms with van der Waals surface area (Å²) < 4.78 is 0. The molecule has 0 amide bonds. The largest absolute Gasteiger partial charge is 0.298 e. The molecule has 12 heavy (non-hydrogen) atoms. The molecule has 1 aromatic carbocycles. The molecule has 60 valence electrons. The van der Waals surface area contributed by atoms with Crippen LogP contribution in [0.25, 0.3) is 0 Å². The van der Waals surface area contributed by atoms with Crippen LogP contribution in [0.15, 0.2) is 29.4 Å². The van der Waals surface area contributed by atoms with E-state index in [-0.39, 0.29) is 0 Å². The first-order valence-corrected chi connectivity index (χ1v) is 3.95. The minimum Gasteiger partial charge on any atom is -0.0615 e. The molecule has 3 nitrogen and oxygen atoms in total. The molecule has 0 unspecified atom stereocenters. The van der Waals surface area contributed by atoms with E-state index in [1.807, 2.05) is 18.2 Å². The van der Waals surface area contributed by atoms with Gasteiger partial charge in [0.2, 0.25) is 0 Å². The van der Waals surface area contributed by atoms with Gasteiger partial charge in [0, 0.05) is 16.7 Å². The van der Waals surface area contributed by atoms with Crippen molar-refractivity contribution in [2.45, 2.75) is 12.8 Å². The third-order valence-corrected chi connectivity index (χ3v) is 1.93. The van der Waals surface area contributed by atoms with Gasteiger partial charge in [-0.2, -0.15) is 0 Å². The lowest BCUT2D eigenvalue weighted by Crippen LogP contribution is -1.91. The van der Waals surface area contributed by atoms with Gasteiger partial charge < -0.3 is 0 Å². The number of para-hydroxylation sites is 1. The number of rotatable bonds is 0. The van der Waals surface area contributed by atoms with Crippen LogP contribution in [0.3, 0.4) is 0 Å². The molecule has 0 radical (unpaired) electrons. The van der Waals surface area contributed by atoms with Gasteiger partial charge in [0.25, 0.3) is 5.69 Å². The molecule has 1 aliphatic heterocycles. The topological polar surface area (TPSA) is 32.4 Å². The molecule has 0 N–H and O–H groups in total. The fourth-order valence-corrected chi connectivity index (χ4v) is 1.32. The second kappa shape index (κ2) is 2.85. The van der Waals surface area contributed by atoms with Crippen LogP contribution in [-0.4, -0.2) is 11.1 Å². The van der Waals surface area contributed by atoms with E-state index in [1.54, 1.807) is 12.3 Å². The number of nitrogens with zero attached hydrogens (tertiary/aromatic N) is 2. The lowest BCUT2D eigenvalue weighted by Gasteiger charge is -1.93. The van der Waals surface area contributed by atoms with Crippen molar-refractivity contribution in [1.82, 2.24) is 0 Å². The molecule has 0 aliphatic carbocycles. The van der Waals surface area contributed by atoms with E-state index in [2.05, 4.69) is 5.10 Å². The zero-order valence-electron chi connectivity index (χ0n) is 6.60. The SMILES string of the molecule is O=[N+]1N=CCCc2ccccc21. The van der Waals surface area contributed by atoms with E-state index in [9.17, 15) is 4.91 Å². The van der Waals surface area contributed by atoms with Crippen molar-refractivity contribution in [2.24, 2.45) is 5.10 Å². The van der Waals surface area contributed by atoms with Gasteiger partial charge >= 0.3 is 0 Å². The maximum atomic E-state index is 11.2. The smallest absolute Gasteiger partial charge is 0.0615 e. The highest BCUT2D eigenvalue weighted by Gasteiger charge is 2.19. The van der Waals surface area contributed by atoms with Gasteiger partial charge in [-0.1, -0.05) is 18.2 Å².